The zero-order valence-electron chi connectivity index (χ0n) is 10.4. The first-order valence-corrected chi connectivity index (χ1v) is 5.71. The van der Waals surface area contributed by atoms with E-state index in [0.29, 0.717) is 11.4 Å². The number of ether oxygens (including phenoxy) is 1. The first kappa shape index (κ1) is 12.9. The summed E-state index contributed by atoms with van der Waals surface area (Å²) in [5.41, 5.74) is 0.551. The Hall–Kier alpha value is -2.53. The number of carbonyl (C=O) groups is 1. The molecule has 0 atom stereocenters. The van der Waals surface area contributed by atoms with Crippen LogP contribution in [-0.2, 0) is 9.63 Å². The third kappa shape index (κ3) is 3.72. The fourth-order valence-electron chi connectivity index (χ4n) is 1.48. The van der Waals surface area contributed by atoms with Crippen LogP contribution in [0.2, 0.25) is 0 Å². The Labute approximate surface area is 111 Å². The van der Waals surface area contributed by atoms with Gasteiger partial charge in [0.05, 0.1) is 5.69 Å². The average Bonchev–Trinajstić information content (AvgIpc) is 2.40. The molecule has 0 aliphatic heterocycles. The van der Waals surface area contributed by atoms with Gasteiger partial charge in [-0.3, -0.25) is 0 Å². The summed E-state index contributed by atoms with van der Waals surface area (Å²) in [7, 11) is 0. The number of hydrazine groups is 1. The zero-order valence-corrected chi connectivity index (χ0v) is 10.4. The van der Waals surface area contributed by atoms with Crippen molar-refractivity contribution in [2.24, 2.45) is 5.84 Å². The molecule has 5 nitrogen and oxygen atoms in total. The Morgan fingerprint density at radius 1 is 1.00 bits per heavy atom. The molecule has 0 unspecified atom stereocenters. The van der Waals surface area contributed by atoms with Crippen molar-refractivity contribution in [3.05, 3.63) is 54.6 Å². The molecule has 19 heavy (non-hydrogen) atoms. The fraction of sp³-hybridized carbons (Fsp3) is 0.0714. The number of benzene rings is 2. The van der Waals surface area contributed by atoms with Crippen LogP contribution in [-0.4, -0.2) is 5.97 Å². The highest BCUT2D eigenvalue weighted by Gasteiger charge is 2.05. The predicted octanol–water partition coefficient (Wildman–Crippen LogP) is 2.64. The summed E-state index contributed by atoms with van der Waals surface area (Å²) in [6.45, 7) is 1.28. The molecule has 0 radical (unpaired) electrons. The minimum Gasteiger partial charge on any atom is -0.457 e. The first-order chi connectivity index (χ1) is 9.15. The number of para-hydroxylation sites is 1. The van der Waals surface area contributed by atoms with E-state index in [9.17, 15) is 4.79 Å². The molecule has 0 spiro atoms. The average molecular weight is 258 g/mol. The SMILES string of the molecule is CC(=O)ON(N)c1ccc(Oc2ccccc2)cc1. The molecular weight excluding hydrogens is 244 g/mol. The smallest absolute Gasteiger partial charge is 0.331 e. The molecular formula is C14H14N2O3. The lowest BCUT2D eigenvalue weighted by Crippen LogP contribution is -2.32. The summed E-state index contributed by atoms with van der Waals surface area (Å²) in [5, 5.41) is 0.911. The predicted molar refractivity (Wildman–Crippen MR) is 71.4 cm³/mol. The van der Waals surface area contributed by atoms with Crippen LogP contribution in [0.4, 0.5) is 5.69 Å². The van der Waals surface area contributed by atoms with Crippen molar-refractivity contribution in [3.63, 3.8) is 0 Å². The molecule has 2 aromatic carbocycles. The second kappa shape index (κ2) is 5.88. The molecule has 0 saturated heterocycles. The van der Waals surface area contributed by atoms with Gasteiger partial charge in [-0.25, -0.2) is 10.6 Å². The molecule has 2 aromatic rings. The zero-order chi connectivity index (χ0) is 13.7. The maximum atomic E-state index is 10.8. The number of rotatable bonds is 4. The molecule has 98 valence electrons. The topological polar surface area (TPSA) is 64.8 Å². The monoisotopic (exact) mass is 258 g/mol. The van der Waals surface area contributed by atoms with Crippen molar-refractivity contribution in [2.45, 2.75) is 6.92 Å². The van der Waals surface area contributed by atoms with E-state index in [1.807, 2.05) is 30.3 Å². The molecule has 2 rings (SSSR count). The van der Waals surface area contributed by atoms with E-state index in [2.05, 4.69) is 0 Å². The van der Waals surface area contributed by atoms with Gasteiger partial charge in [-0.15, -0.1) is 5.17 Å². The van der Waals surface area contributed by atoms with Crippen LogP contribution >= 0.6 is 0 Å². The second-order valence-electron chi connectivity index (χ2n) is 3.82. The highest BCUT2D eigenvalue weighted by molar-refractivity contribution is 5.67. The first-order valence-electron chi connectivity index (χ1n) is 5.71. The summed E-state index contributed by atoms with van der Waals surface area (Å²) in [5.74, 6) is 6.49. The van der Waals surface area contributed by atoms with Crippen LogP contribution in [0.15, 0.2) is 54.6 Å². The van der Waals surface area contributed by atoms with Gasteiger partial charge in [0, 0.05) is 6.92 Å². The molecule has 0 aliphatic rings. The minimum absolute atomic E-state index is 0.480. The Bertz CT molecular complexity index is 540. The van der Waals surface area contributed by atoms with E-state index < -0.39 is 5.97 Å². The molecule has 0 amide bonds. The van der Waals surface area contributed by atoms with Crippen molar-refractivity contribution >= 4 is 11.7 Å². The van der Waals surface area contributed by atoms with Crippen LogP contribution in [0.1, 0.15) is 6.92 Å². The lowest BCUT2D eigenvalue weighted by molar-refractivity contribution is -0.142. The molecule has 0 heterocycles. The molecule has 0 aliphatic carbocycles. The van der Waals surface area contributed by atoms with Gasteiger partial charge < -0.3 is 9.57 Å². The third-order valence-corrected chi connectivity index (χ3v) is 2.30. The number of anilines is 1. The number of nitrogens with zero attached hydrogens (tertiary/aromatic N) is 1. The summed E-state index contributed by atoms with van der Waals surface area (Å²) in [6.07, 6.45) is 0. The van der Waals surface area contributed by atoms with Gasteiger partial charge in [-0.1, -0.05) is 18.2 Å². The van der Waals surface area contributed by atoms with Crippen molar-refractivity contribution in [2.75, 3.05) is 5.17 Å². The minimum atomic E-state index is -0.480. The largest absolute Gasteiger partial charge is 0.457 e. The Balaban J connectivity index is 2.04. The molecule has 0 fully saturated rings. The standard InChI is InChI=1S/C14H14N2O3/c1-11(17)19-16(15)12-7-9-14(10-8-12)18-13-5-3-2-4-6-13/h2-10H,15H2,1H3. The molecule has 0 bridgehead atoms. The maximum Gasteiger partial charge on any atom is 0.331 e. The van der Waals surface area contributed by atoms with Crippen LogP contribution in [0.25, 0.3) is 0 Å². The van der Waals surface area contributed by atoms with Gasteiger partial charge in [-0.05, 0) is 36.4 Å². The number of hydrogen-bond donors (Lipinski definition) is 1. The summed E-state index contributed by atoms with van der Waals surface area (Å²) < 4.78 is 5.63. The number of hydrogen-bond acceptors (Lipinski definition) is 5. The van der Waals surface area contributed by atoms with Gasteiger partial charge in [0.15, 0.2) is 0 Å². The van der Waals surface area contributed by atoms with E-state index in [1.165, 1.54) is 6.92 Å². The van der Waals surface area contributed by atoms with E-state index >= 15 is 0 Å². The normalized spacial score (nSPS) is 9.79. The van der Waals surface area contributed by atoms with Crippen molar-refractivity contribution in [1.82, 2.24) is 0 Å². The van der Waals surface area contributed by atoms with Crippen molar-refractivity contribution in [3.8, 4) is 11.5 Å². The van der Waals surface area contributed by atoms with Gasteiger partial charge in [0.2, 0.25) is 0 Å². The lowest BCUT2D eigenvalue weighted by atomic mass is 10.3. The van der Waals surface area contributed by atoms with Gasteiger partial charge in [0.25, 0.3) is 0 Å². The quantitative estimate of drug-likeness (QED) is 0.674. The van der Waals surface area contributed by atoms with E-state index in [4.69, 9.17) is 15.4 Å². The fourth-order valence-corrected chi connectivity index (χ4v) is 1.48. The van der Waals surface area contributed by atoms with Gasteiger partial charge in [-0.2, -0.15) is 0 Å². The Morgan fingerprint density at radius 2 is 1.58 bits per heavy atom. The highest BCUT2D eigenvalue weighted by atomic mass is 16.7. The van der Waals surface area contributed by atoms with Crippen LogP contribution < -0.4 is 15.8 Å². The summed E-state index contributed by atoms with van der Waals surface area (Å²) in [6, 6.07) is 16.3. The van der Waals surface area contributed by atoms with Gasteiger partial charge >= 0.3 is 5.97 Å². The molecule has 2 N–H and O–H groups in total. The lowest BCUT2D eigenvalue weighted by Gasteiger charge is -2.16. The summed E-state index contributed by atoms with van der Waals surface area (Å²) in [4.78, 5) is 15.5. The highest BCUT2D eigenvalue weighted by Crippen LogP contribution is 2.23. The van der Waals surface area contributed by atoms with Crippen LogP contribution in [0.5, 0.6) is 11.5 Å². The number of carbonyl (C=O) groups excluding carboxylic acids is 1. The Morgan fingerprint density at radius 3 is 2.16 bits per heavy atom. The summed E-state index contributed by atoms with van der Waals surface area (Å²) >= 11 is 0. The van der Waals surface area contributed by atoms with Gasteiger partial charge in [0.1, 0.15) is 11.5 Å². The van der Waals surface area contributed by atoms with E-state index in [0.717, 1.165) is 10.9 Å². The van der Waals surface area contributed by atoms with Crippen molar-refractivity contribution < 1.29 is 14.4 Å². The maximum absolute atomic E-state index is 10.8. The van der Waals surface area contributed by atoms with Crippen molar-refractivity contribution in [1.29, 1.82) is 0 Å². The van der Waals surface area contributed by atoms with E-state index in [-0.39, 0.29) is 0 Å². The number of nitrogens with two attached hydrogens (primary N) is 1. The molecule has 0 saturated carbocycles. The molecule has 0 aromatic heterocycles. The third-order valence-electron chi connectivity index (χ3n) is 2.30. The van der Waals surface area contributed by atoms with E-state index in [1.54, 1.807) is 24.3 Å². The molecule has 5 heteroatoms. The van der Waals surface area contributed by atoms with Crippen LogP contribution in [0, 0.1) is 0 Å². The Kier molecular flexibility index (Phi) is 4.00. The van der Waals surface area contributed by atoms with Crippen LogP contribution in [0.3, 0.4) is 0 Å². The second-order valence-corrected chi connectivity index (χ2v) is 3.82.